The molecule has 0 bridgehead atoms. The van der Waals surface area contributed by atoms with Crippen molar-refractivity contribution < 1.29 is 14.3 Å². The van der Waals surface area contributed by atoms with Gasteiger partial charge >= 0.3 is 0 Å². The fraction of sp³-hybridized carbons (Fsp3) is 0.231. The normalized spacial score (nSPS) is 10.6. The van der Waals surface area contributed by atoms with Gasteiger partial charge in [-0.3, -0.25) is 4.79 Å². The number of nitrogens with one attached hydrogen (secondary N) is 1. The van der Waals surface area contributed by atoms with Gasteiger partial charge < -0.3 is 14.8 Å². The van der Waals surface area contributed by atoms with Crippen molar-refractivity contribution in [3.8, 4) is 11.6 Å². The Morgan fingerprint density at radius 3 is 2.57 bits per heavy atom. The zero-order valence-corrected chi connectivity index (χ0v) is 11.9. The molecule has 0 saturated carbocycles. The number of nitrogens with zero attached hydrogens (tertiary/aromatic N) is 4. The lowest BCUT2D eigenvalue weighted by Crippen LogP contribution is -2.19. The van der Waals surface area contributed by atoms with Gasteiger partial charge in [-0.25, -0.2) is 0 Å². The molecule has 0 aliphatic heterocycles. The smallest absolute Gasteiger partial charge is 0.277 e. The number of benzene rings is 1. The summed E-state index contributed by atoms with van der Waals surface area (Å²) < 4.78 is 10.2. The van der Waals surface area contributed by atoms with Gasteiger partial charge in [0.2, 0.25) is 5.69 Å². The molecule has 0 atom stereocenters. The molecule has 2 aromatic rings. The van der Waals surface area contributed by atoms with E-state index in [1.807, 2.05) is 24.3 Å². The lowest BCUT2D eigenvalue weighted by atomic mass is 10.2. The predicted molar refractivity (Wildman–Crippen MR) is 76.0 cm³/mol. The summed E-state index contributed by atoms with van der Waals surface area (Å²) in [7, 11) is 4.52. The first-order valence-electron chi connectivity index (χ1n) is 6.09. The number of methoxy groups -OCH3 is 2. The fourth-order valence-corrected chi connectivity index (χ4v) is 1.59. The van der Waals surface area contributed by atoms with Gasteiger partial charge in [-0.1, -0.05) is 4.79 Å². The lowest BCUT2D eigenvalue weighted by molar-refractivity contribution is 0.0954. The second-order valence-electron chi connectivity index (χ2n) is 3.93. The van der Waals surface area contributed by atoms with Crippen molar-refractivity contribution in [3.63, 3.8) is 0 Å². The molecular weight excluding hydrogens is 274 g/mol. The van der Waals surface area contributed by atoms with Gasteiger partial charge in [0.05, 0.1) is 20.4 Å². The molecule has 0 fully saturated rings. The van der Waals surface area contributed by atoms with Crippen LogP contribution in [-0.4, -0.2) is 48.5 Å². The minimum Gasteiger partial charge on any atom is -0.497 e. The molecule has 8 heteroatoms. The number of aromatic nitrogens is 3. The number of carbonyl (C=O) groups excluding carboxylic acids is 1. The maximum Gasteiger partial charge on any atom is 0.277 e. The molecular formula is C13H15N5O3. The first-order valence-corrected chi connectivity index (χ1v) is 6.09. The molecule has 0 unspecified atom stereocenters. The van der Waals surface area contributed by atoms with Gasteiger partial charge in [0.1, 0.15) is 5.75 Å². The van der Waals surface area contributed by atoms with E-state index in [1.54, 1.807) is 13.3 Å². The second-order valence-corrected chi connectivity index (χ2v) is 3.93. The van der Waals surface area contributed by atoms with Crippen LogP contribution in [-0.2, 0) is 0 Å². The summed E-state index contributed by atoms with van der Waals surface area (Å²) in [5.41, 5.74) is 0.918. The SMILES string of the molecule is CNC(=O)c1nnn(N=Cc2ccc(OC)cc2)c1OC. The topological polar surface area (TPSA) is 90.6 Å². The van der Waals surface area contributed by atoms with Crippen molar-refractivity contribution in [1.82, 2.24) is 20.4 Å². The molecule has 110 valence electrons. The maximum absolute atomic E-state index is 11.6. The molecule has 0 aliphatic carbocycles. The highest BCUT2D eigenvalue weighted by atomic mass is 16.5. The Hall–Kier alpha value is -2.90. The van der Waals surface area contributed by atoms with Crippen LogP contribution >= 0.6 is 0 Å². The highest BCUT2D eigenvalue weighted by molar-refractivity contribution is 5.94. The summed E-state index contributed by atoms with van der Waals surface area (Å²) in [4.78, 5) is 12.7. The number of rotatable bonds is 5. The standard InChI is InChI=1S/C13H15N5O3/c1-14-12(19)11-13(21-3)18(17-16-11)15-8-9-4-6-10(20-2)7-5-9/h4-8H,1-3H3,(H,14,19). The third-order valence-corrected chi connectivity index (χ3v) is 2.68. The summed E-state index contributed by atoms with van der Waals surface area (Å²) in [6.45, 7) is 0. The third-order valence-electron chi connectivity index (χ3n) is 2.68. The average Bonchev–Trinajstić information content (AvgIpc) is 2.95. The van der Waals surface area contributed by atoms with Crippen molar-refractivity contribution in [2.45, 2.75) is 0 Å². The zero-order valence-electron chi connectivity index (χ0n) is 11.9. The van der Waals surface area contributed by atoms with Crippen LogP contribution in [0.1, 0.15) is 16.1 Å². The summed E-state index contributed by atoms with van der Waals surface area (Å²) in [5, 5.41) is 14.1. The van der Waals surface area contributed by atoms with E-state index in [4.69, 9.17) is 9.47 Å². The summed E-state index contributed by atoms with van der Waals surface area (Å²) in [6.07, 6.45) is 1.57. The molecule has 0 spiro atoms. The van der Waals surface area contributed by atoms with E-state index in [0.29, 0.717) is 0 Å². The van der Waals surface area contributed by atoms with Crippen LogP contribution in [0.3, 0.4) is 0 Å². The predicted octanol–water partition coefficient (Wildman–Crippen LogP) is 0.537. The Kier molecular flexibility index (Phi) is 4.50. The summed E-state index contributed by atoms with van der Waals surface area (Å²) >= 11 is 0. The molecule has 21 heavy (non-hydrogen) atoms. The number of ether oxygens (including phenoxy) is 2. The molecule has 1 N–H and O–H groups in total. The van der Waals surface area contributed by atoms with Crippen molar-refractivity contribution in [3.05, 3.63) is 35.5 Å². The molecule has 0 saturated heterocycles. The molecule has 1 aromatic carbocycles. The first-order chi connectivity index (χ1) is 10.2. The second kappa shape index (κ2) is 6.51. The monoisotopic (exact) mass is 289 g/mol. The molecule has 0 aliphatic rings. The lowest BCUT2D eigenvalue weighted by Gasteiger charge is -2.01. The molecule has 8 nitrogen and oxygen atoms in total. The van der Waals surface area contributed by atoms with Crippen LogP contribution in [0.5, 0.6) is 11.6 Å². The van der Waals surface area contributed by atoms with Gasteiger partial charge in [0.25, 0.3) is 11.8 Å². The van der Waals surface area contributed by atoms with Gasteiger partial charge in [-0.15, -0.1) is 5.10 Å². The van der Waals surface area contributed by atoms with E-state index in [-0.39, 0.29) is 11.6 Å². The Labute approximate surface area is 121 Å². The van der Waals surface area contributed by atoms with Crippen LogP contribution < -0.4 is 14.8 Å². The van der Waals surface area contributed by atoms with E-state index in [2.05, 4.69) is 20.7 Å². The molecule has 0 radical (unpaired) electrons. The number of amides is 1. The van der Waals surface area contributed by atoms with Crippen molar-refractivity contribution in [2.75, 3.05) is 21.3 Å². The van der Waals surface area contributed by atoms with E-state index >= 15 is 0 Å². The molecule has 1 heterocycles. The quantitative estimate of drug-likeness (QED) is 0.811. The highest BCUT2D eigenvalue weighted by Gasteiger charge is 2.19. The van der Waals surface area contributed by atoms with Crippen LogP contribution in [0.25, 0.3) is 0 Å². The Balaban J connectivity index is 2.24. The van der Waals surface area contributed by atoms with Crippen molar-refractivity contribution in [2.24, 2.45) is 5.10 Å². The Morgan fingerprint density at radius 2 is 2.00 bits per heavy atom. The minimum atomic E-state index is -0.391. The largest absolute Gasteiger partial charge is 0.497 e. The van der Waals surface area contributed by atoms with Crippen LogP contribution in [0, 0.1) is 0 Å². The fourth-order valence-electron chi connectivity index (χ4n) is 1.59. The molecule has 2 rings (SSSR count). The molecule has 1 amide bonds. The van der Waals surface area contributed by atoms with E-state index < -0.39 is 5.91 Å². The van der Waals surface area contributed by atoms with Crippen molar-refractivity contribution in [1.29, 1.82) is 0 Å². The summed E-state index contributed by atoms with van der Waals surface area (Å²) in [6, 6.07) is 7.31. The highest BCUT2D eigenvalue weighted by Crippen LogP contribution is 2.15. The maximum atomic E-state index is 11.6. The minimum absolute atomic E-state index is 0.0758. The zero-order chi connectivity index (χ0) is 15.2. The Morgan fingerprint density at radius 1 is 1.29 bits per heavy atom. The van der Waals surface area contributed by atoms with Gasteiger partial charge in [-0.05, 0) is 35.0 Å². The van der Waals surface area contributed by atoms with Gasteiger partial charge in [0, 0.05) is 7.05 Å². The summed E-state index contributed by atoms with van der Waals surface area (Å²) in [5.74, 6) is 0.532. The van der Waals surface area contributed by atoms with E-state index in [1.165, 1.54) is 14.2 Å². The third kappa shape index (κ3) is 3.16. The molecule has 1 aromatic heterocycles. The number of carbonyl (C=O) groups is 1. The van der Waals surface area contributed by atoms with Gasteiger partial charge in [0.15, 0.2) is 0 Å². The van der Waals surface area contributed by atoms with Gasteiger partial charge in [-0.2, -0.15) is 5.10 Å². The van der Waals surface area contributed by atoms with E-state index in [0.717, 1.165) is 16.1 Å². The van der Waals surface area contributed by atoms with Crippen LogP contribution in [0.4, 0.5) is 0 Å². The van der Waals surface area contributed by atoms with Crippen molar-refractivity contribution >= 4 is 12.1 Å². The number of hydrogen-bond donors (Lipinski definition) is 1. The first kappa shape index (κ1) is 14.5. The van der Waals surface area contributed by atoms with E-state index in [9.17, 15) is 4.79 Å². The van der Waals surface area contributed by atoms with Crippen LogP contribution in [0.2, 0.25) is 0 Å². The van der Waals surface area contributed by atoms with Crippen LogP contribution in [0.15, 0.2) is 29.4 Å². The Bertz CT molecular complexity index is 648. The average molecular weight is 289 g/mol. The number of hydrogen-bond acceptors (Lipinski definition) is 6.